The van der Waals surface area contributed by atoms with Crippen LogP contribution < -0.4 is 5.32 Å². The summed E-state index contributed by atoms with van der Waals surface area (Å²) in [4.78, 5) is 13.5. The Hall–Kier alpha value is -0.610. The van der Waals surface area contributed by atoms with E-state index in [1.165, 1.54) is 12.8 Å². The van der Waals surface area contributed by atoms with Gasteiger partial charge in [-0.1, -0.05) is 0 Å². The summed E-state index contributed by atoms with van der Waals surface area (Å²) in [6, 6.07) is 1.33. The molecule has 0 aromatic carbocycles. The summed E-state index contributed by atoms with van der Waals surface area (Å²) in [6.45, 7) is 6.17. The summed E-state index contributed by atoms with van der Waals surface area (Å²) in [5.74, 6) is -0.113. The van der Waals surface area contributed by atoms with Gasteiger partial charge in [0.25, 0.3) is 0 Å². The lowest BCUT2D eigenvalue weighted by molar-refractivity contribution is -0.142. The number of rotatable bonds is 8. The molecular weight excluding hydrogens is 204 g/mol. The van der Waals surface area contributed by atoms with Crippen molar-refractivity contribution in [1.29, 1.82) is 0 Å². The van der Waals surface area contributed by atoms with Crippen LogP contribution in [-0.2, 0) is 9.53 Å². The van der Waals surface area contributed by atoms with Crippen molar-refractivity contribution in [3.8, 4) is 0 Å². The molecule has 1 rings (SSSR count). The first-order valence-electron chi connectivity index (χ1n) is 6.23. The van der Waals surface area contributed by atoms with Crippen LogP contribution in [0.25, 0.3) is 0 Å². The largest absolute Gasteiger partial charge is 0.466 e. The highest BCUT2D eigenvalue weighted by molar-refractivity contribution is 5.69. The van der Waals surface area contributed by atoms with Gasteiger partial charge >= 0.3 is 5.97 Å². The number of ether oxygens (including phenoxy) is 1. The van der Waals surface area contributed by atoms with E-state index in [4.69, 9.17) is 4.74 Å². The highest BCUT2D eigenvalue weighted by Gasteiger charge is 2.28. The molecule has 1 aliphatic carbocycles. The second kappa shape index (κ2) is 6.86. The summed E-state index contributed by atoms with van der Waals surface area (Å²) in [5.41, 5.74) is 0. The minimum Gasteiger partial charge on any atom is -0.466 e. The molecule has 0 amide bonds. The fourth-order valence-electron chi connectivity index (χ4n) is 1.72. The van der Waals surface area contributed by atoms with E-state index >= 15 is 0 Å². The van der Waals surface area contributed by atoms with Gasteiger partial charge in [0.05, 0.1) is 13.0 Å². The van der Waals surface area contributed by atoms with Crippen LogP contribution in [0.1, 0.15) is 33.1 Å². The molecule has 1 fully saturated rings. The van der Waals surface area contributed by atoms with Crippen LogP contribution in [-0.4, -0.2) is 49.7 Å². The van der Waals surface area contributed by atoms with Crippen LogP contribution in [0.3, 0.4) is 0 Å². The Bertz CT molecular complexity index is 217. The van der Waals surface area contributed by atoms with Crippen molar-refractivity contribution in [1.82, 2.24) is 10.2 Å². The molecular formula is C12H24N2O2. The van der Waals surface area contributed by atoms with Crippen molar-refractivity contribution in [2.24, 2.45) is 0 Å². The van der Waals surface area contributed by atoms with Crippen LogP contribution >= 0.6 is 0 Å². The Balaban J connectivity index is 1.99. The van der Waals surface area contributed by atoms with Crippen molar-refractivity contribution < 1.29 is 9.53 Å². The van der Waals surface area contributed by atoms with E-state index in [1.807, 2.05) is 6.92 Å². The molecule has 1 aliphatic rings. The molecule has 4 nitrogen and oxygen atoms in total. The third-order valence-corrected chi connectivity index (χ3v) is 3.07. The second-order valence-corrected chi connectivity index (χ2v) is 4.50. The van der Waals surface area contributed by atoms with Crippen LogP contribution in [0.4, 0.5) is 0 Å². The van der Waals surface area contributed by atoms with Crippen molar-refractivity contribution in [3.05, 3.63) is 0 Å². The lowest BCUT2D eigenvalue weighted by Gasteiger charge is -2.24. The third-order valence-electron chi connectivity index (χ3n) is 3.07. The SMILES string of the molecule is CCOC(=O)CCNCC(C)N(C)C1CC1. The Morgan fingerprint density at radius 1 is 1.56 bits per heavy atom. The van der Waals surface area contributed by atoms with Crippen LogP contribution in [0.2, 0.25) is 0 Å². The topological polar surface area (TPSA) is 41.6 Å². The number of nitrogens with one attached hydrogen (secondary N) is 1. The predicted molar refractivity (Wildman–Crippen MR) is 64.4 cm³/mol. The number of nitrogens with zero attached hydrogens (tertiary/aromatic N) is 1. The summed E-state index contributed by atoms with van der Waals surface area (Å²) in [6.07, 6.45) is 3.14. The van der Waals surface area contributed by atoms with Crippen LogP contribution in [0, 0.1) is 0 Å². The Labute approximate surface area is 98.3 Å². The van der Waals surface area contributed by atoms with E-state index < -0.39 is 0 Å². The van der Waals surface area contributed by atoms with Crippen LogP contribution in [0.15, 0.2) is 0 Å². The summed E-state index contributed by atoms with van der Waals surface area (Å²) >= 11 is 0. The van der Waals surface area contributed by atoms with Crippen molar-refractivity contribution in [2.45, 2.75) is 45.2 Å². The van der Waals surface area contributed by atoms with Gasteiger partial charge in [0.1, 0.15) is 0 Å². The van der Waals surface area contributed by atoms with E-state index in [2.05, 4.69) is 24.2 Å². The Kier molecular flexibility index (Phi) is 5.77. The van der Waals surface area contributed by atoms with E-state index in [0.29, 0.717) is 25.6 Å². The normalized spacial score (nSPS) is 17.5. The predicted octanol–water partition coefficient (Wildman–Crippen LogP) is 1.01. The summed E-state index contributed by atoms with van der Waals surface area (Å²) in [5, 5.41) is 3.30. The molecule has 0 spiro atoms. The molecule has 1 N–H and O–H groups in total. The quantitative estimate of drug-likeness (QED) is 0.497. The van der Waals surface area contributed by atoms with E-state index in [0.717, 1.165) is 12.6 Å². The maximum Gasteiger partial charge on any atom is 0.307 e. The van der Waals surface area contributed by atoms with Gasteiger partial charge < -0.3 is 10.1 Å². The van der Waals surface area contributed by atoms with Crippen molar-refractivity contribution in [3.63, 3.8) is 0 Å². The molecule has 0 aromatic heterocycles. The van der Waals surface area contributed by atoms with Gasteiger partial charge in [-0.15, -0.1) is 0 Å². The lowest BCUT2D eigenvalue weighted by atomic mass is 10.3. The minimum atomic E-state index is -0.113. The van der Waals surface area contributed by atoms with Gasteiger partial charge in [0.2, 0.25) is 0 Å². The number of carbonyl (C=O) groups excluding carboxylic acids is 1. The third kappa shape index (κ3) is 4.94. The van der Waals surface area contributed by atoms with Gasteiger partial charge in [-0.25, -0.2) is 0 Å². The van der Waals surface area contributed by atoms with Gasteiger partial charge in [-0.05, 0) is 33.7 Å². The molecule has 1 saturated carbocycles. The number of esters is 1. The molecule has 94 valence electrons. The summed E-state index contributed by atoms with van der Waals surface area (Å²) < 4.78 is 4.86. The number of carbonyl (C=O) groups is 1. The maximum atomic E-state index is 11.1. The molecule has 0 aliphatic heterocycles. The second-order valence-electron chi connectivity index (χ2n) is 4.50. The van der Waals surface area contributed by atoms with Gasteiger partial charge in [0, 0.05) is 25.2 Å². The highest BCUT2D eigenvalue weighted by Crippen LogP contribution is 2.26. The van der Waals surface area contributed by atoms with Crippen molar-refractivity contribution in [2.75, 3.05) is 26.7 Å². The molecule has 0 bridgehead atoms. The monoisotopic (exact) mass is 228 g/mol. The molecule has 0 aromatic rings. The zero-order valence-electron chi connectivity index (χ0n) is 10.7. The fourth-order valence-corrected chi connectivity index (χ4v) is 1.72. The fraction of sp³-hybridized carbons (Fsp3) is 0.917. The average Bonchev–Trinajstić information content (AvgIpc) is 3.07. The van der Waals surface area contributed by atoms with Crippen LogP contribution in [0.5, 0.6) is 0 Å². The number of hydrogen-bond acceptors (Lipinski definition) is 4. The summed E-state index contributed by atoms with van der Waals surface area (Å²) in [7, 11) is 2.18. The zero-order chi connectivity index (χ0) is 12.0. The first-order valence-corrected chi connectivity index (χ1v) is 6.23. The first kappa shape index (κ1) is 13.5. The molecule has 16 heavy (non-hydrogen) atoms. The van der Waals surface area contributed by atoms with E-state index in [9.17, 15) is 4.79 Å². The smallest absolute Gasteiger partial charge is 0.307 e. The molecule has 0 radical (unpaired) electrons. The lowest BCUT2D eigenvalue weighted by Crippen LogP contribution is -2.39. The number of likely N-dealkylation sites (N-methyl/N-ethyl adjacent to an activating group) is 1. The van der Waals surface area contributed by atoms with Gasteiger partial charge in [-0.2, -0.15) is 0 Å². The first-order chi connectivity index (χ1) is 7.65. The highest BCUT2D eigenvalue weighted by atomic mass is 16.5. The van der Waals surface area contributed by atoms with Crippen molar-refractivity contribution >= 4 is 5.97 Å². The number of hydrogen-bond donors (Lipinski definition) is 1. The molecule has 1 unspecified atom stereocenters. The molecule has 4 heteroatoms. The Morgan fingerprint density at radius 2 is 2.25 bits per heavy atom. The standard InChI is InChI=1S/C12H24N2O2/c1-4-16-12(15)7-8-13-9-10(2)14(3)11-5-6-11/h10-11,13H,4-9H2,1-3H3. The molecule has 1 atom stereocenters. The van der Waals surface area contributed by atoms with Gasteiger partial charge in [0.15, 0.2) is 0 Å². The molecule has 0 heterocycles. The van der Waals surface area contributed by atoms with E-state index in [1.54, 1.807) is 0 Å². The van der Waals surface area contributed by atoms with Gasteiger partial charge in [-0.3, -0.25) is 9.69 Å². The zero-order valence-corrected chi connectivity index (χ0v) is 10.7. The maximum absolute atomic E-state index is 11.1. The average molecular weight is 228 g/mol. The Morgan fingerprint density at radius 3 is 2.81 bits per heavy atom. The van der Waals surface area contributed by atoms with E-state index in [-0.39, 0.29) is 5.97 Å². The minimum absolute atomic E-state index is 0.113. The molecule has 0 saturated heterocycles.